The summed E-state index contributed by atoms with van der Waals surface area (Å²) in [6.07, 6.45) is 3.65. The first kappa shape index (κ1) is 25.1. The van der Waals surface area contributed by atoms with Crippen molar-refractivity contribution in [3.8, 4) is 5.75 Å². The topological polar surface area (TPSA) is 112 Å². The van der Waals surface area contributed by atoms with Gasteiger partial charge in [-0.05, 0) is 59.2 Å². The molecule has 2 aliphatic carbocycles. The van der Waals surface area contributed by atoms with Crippen LogP contribution in [0.4, 0.5) is 0 Å². The van der Waals surface area contributed by atoms with Gasteiger partial charge in [0.15, 0.2) is 0 Å². The maximum absolute atomic E-state index is 12.2. The molecule has 0 radical (unpaired) electrons. The molecule has 2 aliphatic rings. The van der Waals surface area contributed by atoms with Crippen LogP contribution in [0.3, 0.4) is 0 Å². The van der Waals surface area contributed by atoms with Gasteiger partial charge in [-0.3, -0.25) is 13.9 Å². The van der Waals surface area contributed by atoms with E-state index in [1.165, 1.54) is 16.5 Å². The number of ketones is 1. The van der Waals surface area contributed by atoms with E-state index in [0.29, 0.717) is 17.5 Å². The second-order valence-corrected chi connectivity index (χ2v) is 7.81. The monoisotopic (exact) mass is 413 g/mol. The number of benzene rings is 2. The van der Waals surface area contributed by atoms with E-state index in [1.807, 2.05) is 12.1 Å². The average molecular weight is 413 g/mol. The fourth-order valence-corrected chi connectivity index (χ4v) is 4.27. The third-order valence-corrected chi connectivity index (χ3v) is 5.49. The first-order chi connectivity index (χ1) is 11.6. The molecule has 27 heavy (non-hydrogen) atoms. The molecule has 4 rings (SSSR count). The number of phenolic OH excluding ortho intramolecular Hbond substituents is 1. The molecule has 9 heteroatoms. The predicted molar refractivity (Wildman–Crippen MR) is 109 cm³/mol. The molecule has 138 valence electrons. The number of Topliss-reactive ketones (excluding diaryl/α,β-unsaturated/α-hetero) is 1. The van der Waals surface area contributed by atoms with Crippen LogP contribution in [0.5, 0.6) is 5.75 Å². The fraction of sp³-hybridized carbons (Fsp3) is 0.389. The van der Waals surface area contributed by atoms with Gasteiger partial charge in [-0.15, -0.1) is 0 Å². The second kappa shape index (κ2) is 9.24. The number of phenols is 1. The van der Waals surface area contributed by atoms with Crippen molar-refractivity contribution in [1.82, 2.24) is 0 Å². The fourth-order valence-electron chi connectivity index (χ4n) is 4.27. The molecular weight excluding hydrogens is 390 g/mol. The van der Waals surface area contributed by atoms with E-state index in [2.05, 4.69) is 19.1 Å². The number of carbonyl (C=O) groups excluding carboxylic acids is 1. The Kier molecular flexibility index (Phi) is 8.58. The Morgan fingerprint density at radius 3 is 2.37 bits per heavy atom. The molecule has 6 nitrogen and oxygen atoms in total. The van der Waals surface area contributed by atoms with Gasteiger partial charge in [-0.2, -0.15) is 8.42 Å². The molecule has 0 heterocycles. The summed E-state index contributed by atoms with van der Waals surface area (Å²) in [5.41, 5.74) is 2.61. The predicted octanol–water partition coefficient (Wildman–Crippen LogP) is 2.11. The zero-order valence-electron chi connectivity index (χ0n) is 14.8. The van der Waals surface area contributed by atoms with Gasteiger partial charge in [0.05, 0.1) is 0 Å². The molecule has 0 saturated heterocycles. The molecule has 0 amide bonds. The molecule has 2 aromatic rings. The summed E-state index contributed by atoms with van der Waals surface area (Å²) in [5.74, 6) is 1.14. The first-order valence-electron chi connectivity index (χ1n) is 8.07. The second-order valence-electron chi connectivity index (χ2n) is 6.92. The van der Waals surface area contributed by atoms with Crippen molar-refractivity contribution in [3.05, 3.63) is 41.5 Å². The van der Waals surface area contributed by atoms with Crippen molar-refractivity contribution in [2.75, 3.05) is 0 Å². The van der Waals surface area contributed by atoms with Crippen molar-refractivity contribution >= 4 is 86.1 Å². The van der Waals surface area contributed by atoms with Gasteiger partial charge in [0.25, 0.3) is 0 Å². The molecule has 1 saturated carbocycles. The number of fused-ring (bicyclic) bond motifs is 5. The van der Waals surface area contributed by atoms with E-state index in [0.717, 1.165) is 31.1 Å². The van der Waals surface area contributed by atoms with Crippen LogP contribution in [-0.4, -0.2) is 87.5 Å². The minimum absolute atomic E-state index is 0. The SMILES string of the molecule is C[C@]12CCc3c(ccc4cc(O)ccc34)C1CCC2=O.O=S(=O)(O)O.[H+].[NaH].[NaH]. The van der Waals surface area contributed by atoms with Gasteiger partial charge < -0.3 is 5.11 Å². The Morgan fingerprint density at radius 1 is 1.11 bits per heavy atom. The number of carbonyl (C=O) groups is 1. The molecule has 0 aliphatic heterocycles. The van der Waals surface area contributed by atoms with E-state index in [-0.39, 0.29) is 66.0 Å². The van der Waals surface area contributed by atoms with Crippen LogP contribution >= 0.6 is 0 Å². The molecular formula is C18H23Na2O6S+. The molecule has 0 spiro atoms. The molecule has 2 aromatic carbocycles. The van der Waals surface area contributed by atoms with Crippen LogP contribution in [0.25, 0.3) is 10.8 Å². The van der Waals surface area contributed by atoms with Crippen LogP contribution in [0.2, 0.25) is 0 Å². The average Bonchev–Trinajstić information content (AvgIpc) is 2.81. The van der Waals surface area contributed by atoms with Crippen LogP contribution in [0, 0.1) is 5.41 Å². The van der Waals surface area contributed by atoms with Crippen molar-refractivity contribution in [2.45, 2.75) is 38.5 Å². The van der Waals surface area contributed by atoms with Crippen LogP contribution in [-0.2, 0) is 21.6 Å². The summed E-state index contributed by atoms with van der Waals surface area (Å²) in [7, 11) is -4.67. The molecule has 1 unspecified atom stereocenters. The summed E-state index contributed by atoms with van der Waals surface area (Å²) in [6.45, 7) is 2.15. The van der Waals surface area contributed by atoms with E-state index in [1.54, 1.807) is 6.07 Å². The van der Waals surface area contributed by atoms with Gasteiger partial charge >= 0.3 is 70.9 Å². The summed E-state index contributed by atoms with van der Waals surface area (Å²) in [5, 5.41) is 11.9. The Morgan fingerprint density at radius 2 is 1.74 bits per heavy atom. The Hall–Kier alpha value is 0.0400. The van der Waals surface area contributed by atoms with Gasteiger partial charge in [-0.25, -0.2) is 0 Å². The van der Waals surface area contributed by atoms with Crippen molar-refractivity contribution < 1.29 is 28.9 Å². The molecule has 0 aromatic heterocycles. The summed E-state index contributed by atoms with van der Waals surface area (Å²) in [4.78, 5) is 12.2. The molecule has 1 fully saturated rings. The number of rotatable bonds is 0. The van der Waals surface area contributed by atoms with Crippen molar-refractivity contribution in [3.63, 3.8) is 0 Å². The summed E-state index contributed by atoms with van der Waals surface area (Å²) < 4.78 is 31.6. The van der Waals surface area contributed by atoms with Crippen LogP contribution in [0.1, 0.15) is 44.7 Å². The summed E-state index contributed by atoms with van der Waals surface area (Å²) in [6, 6.07) is 9.86. The number of aromatic hydroxyl groups is 1. The molecule has 3 N–H and O–H groups in total. The van der Waals surface area contributed by atoms with Gasteiger partial charge in [0, 0.05) is 11.8 Å². The number of hydrogen-bond acceptors (Lipinski definition) is 4. The zero-order chi connectivity index (χ0) is 18.4. The Balaban J connectivity index is 0.000000823. The zero-order valence-corrected chi connectivity index (χ0v) is 14.6. The van der Waals surface area contributed by atoms with Crippen LogP contribution < -0.4 is 0 Å². The number of hydrogen-bond donors (Lipinski definition) is 3. The molecule has 0 bridgehead atoms. The van der Waals surface area contributed by atoms with E-state index in [4.69, 9.17) is 17.5 Å². The van der Waals surface area contributed by atoms with E-state index in [9.17, 15) is 9.90 Å². The maximum atomic E-state index is 12.2. The normalized spacial score (nSPS) is 23.2. The van der Waals surface area contributed by atoms with Crippen molar-refractivity contribution in [2.24, 2.45) is 5.41 Å². The first-order valence-corrected chi connectivity index (χ1v) is 9.47. The quantitative estimate of drug-likeness (QED) is 0.451. The minimum atomic E-state index is -4.67. The van der Waals surface area contributed by atoms with Crippen LogP contribution in [0.15, 0.2) is 30.3 Å². The van der Waals surface area contributed by atoms with Gasteiger partial charge in [0.1, 0.15) is 11.5 Å². The van der Waals surface area contributed by atoms with E-state index >= 15 is 0 Å². The summed E-state index contributed by atoms with van der Waals surface area (Å²) >= 11 is 0. The van der Waals surface area contributed by atoms with Gasteiger partial charge in [-0.1, -0.05) is 25.1 Å². The van der Waals surface area contributed by atoms with Crippen molar-refractivity contribution in [1.29, 1.82) is 0 Å². The molecule has 2 atom stereocenters. The Labute approximate surface area is 204 Å². The van der Waals surface area contributed by atoms with E-state index < -0.39 is 10.4 Å². The Bertz CT molecular complexity index is 958. The number of aryl methyl sites for hydroxylation is 1. The van der Waals surface area contributed by atoms with Gasteiger partial charge in [0.2, 0.25) is 0 Å². The standard InChI is InChI=1S/C18H18O2.2Na.H2O4S.2H/c1-18-9-8-14-13-5-3-12(19)10-11(13)2-4-15(14)16(18)6-7-17(18)20;;;1-5(2,3)4;;/h2-5,10,16,19H,6-9H2,1H3;;;(H2,1,2,3,4);;/p+1/t16?,18-;;;;;/m0...../s1. The third-order valence-electron chi connectivity index (χ3n) is 5.49. The third kappa shape index (κ3) is 5.35.